The second-order valence-corrected chi connectivity index (χ2v) is 4.43. The molecule has 20 heavy (non-hydrogen) atoms. The van der Waals surface area contributed by atoms with Crippen molar-refractivity contribution in [3.05, 3.63) is 47.8 Å². The molecule has 1 aromatic heterocycles. The lowest BCUT2D eigenvalue weighted by atomic mass is 10.0. The minimum Gasteiger partial charge on any atom is -0.434 e. The van der Waals surface area contributed by atoms with Crippen molar-refractivity contribution in [3.63, 3.8) is 0 Å². The number of ether oxygens (including phenoxy) is 1. The molecule has 1 aromatic carbocycles. The Balaban J connectivity index is 2.14. The van der Waals surface area contributed by atoms with E-state index < -0.39 is 12.7 Å². The monoisotopic (exact) mass is 281 g/mol. The number of alkyl halides is 2. The van der Waals surface area contributed by atoms with Crippen LogP contribution in [0.1, 0.15) is 24.1 Å². The van der Waals surface area contributed by atoms with E-state index in [0.717, 1.165) is 12.1 Å². The SMILES string of the molecule is CCn1cc(CC(N)c2ccccc2OC(F)F)cn1. The molecule has 0 amide bonds. The fourth-order valence-electron chi connectivity index (χ4n) is 2.04. The maximum Gasteiger partial charge on any atom is 0.387 e. The van der Waals surface area contributed by atoms with Crippen molar-refractivity contribution in [2.45, 2.75) is 32.5 Å². The van der Waals surface area contributed by atoms with E-state index in [-0.39, 0.29) is 5.75 Å². The number of halogens is 2. The molecule has 0 saturated heterocycles. The minimum atomic E-state index is -2.86. The smallest absolute Gasteiger partial charge is 0.387 e. The fraction of sp³-hybridized carbons (Fsp3) is 0.357. The molecule has 0 saturated carbocycles. The third kappa shape index (κ3) is 3.54. The van der Waals surface area contributed by atoms with Crippen molar-refractivity contribution < 1.29 is 13.5 Å². The van der Waals surface area contributed by atoms with E-state index in [9.17, 15) is 8.78 Å². The van der Waals surface area contributed by atoms with Crippen LogP contribution >= 0.6 is 0 Å². The van der Waals surface area contributed by atoms with Crippen LogP contribution in [0.3, 0.4) is 0 Å². The largest absolute Gasteiger partial charge is 0.434 e. The van der Waals surface area contributed by atoms with Gasteiger partial charge in [-0.05, 0) is 25.0 Å². The van der Waals surface area contributed by atoms with E-state index in [1.54, 1.807) is 29.1 Å². The van der Waals surface area contributed by atoms with E-state index in [1.807, 2.05) is 13.1 Å². The van der Waals surface area contributed by atoms with Crippen molar-refractivity contribution >= 4 is 0 Å². The zero-order valence-electron chi connectivity index (χ0n) is 11.2. The van der Waals surface area contributed by atoms with Gasteiger partial charge in [-0.1, -0.05) is 18.2 Å². The molecule has 2 rings (SSSR count). The first-order chi connectivity index (χ1) is 9.60. The second kappa shape index (κ2) is 6.47. The summed E-state index contributed by atoms with van der Waals surface area (Å²) in [4.78, 5) is 0. The molecular formula is C14H17F2N3O. The normalized spacial score (nSPS) is 12.7. The highest BCUT2D eigenvalue weighted by molar-refractivity contribution is 5.36. The van der Waals surface area contributed by atoms with Crippen LogP contribution in [0, 0.1) is 0 Å². The Morgan fingerprint density at radius 2 is 2.10 bits per heavy atom. The van der Waals surface area contributed by atoms with Gasteiger partial charge in [0.1, 0.15) is 5.75 Å². The van der Waals surface area contributed by atoms with Gasteiger partial charge < -0.3 is 10.5 Å². The van der Waals surface area contributed by atoms with Crippen molar-refractivity contribution in [3.8, 4) is 5.75 Å². The number of aromatic nitrogens is 2. The molecular weight excluding hydrogens is 264 g/mol. The number of nitrogens with zero attached hydrogens (tertiary/aromatic N) is 2. The lowest BCUT2D eigenvalue weighted by Gasteiger charge is -2.15. The van der Waals surface area contributed by atoms with Crippen LogP contribution in [-0.2, 0) is 13.0 Å². The van der Waals surface area contributed by atoms with Crippen LogP contribution in [-0.4, -0.2) is 16.4 Å². The summed E-state index contributed by atoms with van der Waals surface area (Å²) in [5, 5.41) is 4.16. The third-order valence-electron chi connectivity index (χ3n) is 3.00. The molecule has 0 spiro atoms. The highest BCUT2D eigenvalue weighted by atomic mass is 19.3. The molecule has 0 aliphatic heterocycles. The average molecular weight is 281 g/mol. The van der Waals surface area contributed by atoms with Crippen molar-refractivity contribution in [2.75, 3.05) is 0 Å². The van der Waals surface area contributed by atoms with Gasteiger partial charge in [0.2, 0.25) is 0 Å². The van der Waals surface area contributed by atoms with Crippen LogP contribution in [0.4, 0.5) is 8.78 Å². The Morgan fingerprint density at radius 1 is 1.35 bits per heavy atom. The standard InChI is InChI=1S/C14H17F2N3O/c1-2-19-9-10(8-18-19)7-12(17)11-5-3-4-6-13(11)20-14(15)16/h3-6,8-9,12,14H,2,7,17H2,1H3. The van der Waals surface area contributed by atoms with Crippen LogP contribution in [0.25, 0.3) is 0 Å². The number of hydrogen-bond acceptors (Lipinski definition) is 3. The van der Waals surface area contributed by atoms with Crippen LogP contribution in [0.5, 0.6) is 5.75 Å². The van der Waals surface area contributed by atoms with E-state index in [0.29, 0.717) is 12.0 Å². The molecule has 1 atom stereocenters. The van der Waals surface area contributed by atoms with Crippen LogP contribution in [0.15, 0.2) is 36.7 Å². The summed E-state index contributed by atoms with van der Waals surface area (Å²) < 4.78 is 31.0. The topological polar surface area (TPSA) is 53.1 Å². The Labute approximate surface area is 116 Å². The molecule has 2 aromatic rings. The molecule has 1 heterocycles. The van der Waals surface area contributed by atoms with E-state index in [4.69, 9.17) is 5.73 Å². The second-order valence-electron chi connectivity index (χ2n) is 4.43. The summed E-state index contributed by atoms with van der Waals surface area (Å²) in [7, 11) is 0. The predicted molar refractivity (Wildman–Crippen MR) is 71.6 cm³/mol. The van der Waals surface area contributed by atoms with Gasteiger partial charge in [0.05, 0.1) is 6.20 Å². The molecule has 0 fully saturated rings. The first kappa shape index (κ1) is 14.5. The van der Waals surface area contributed by atoms with E-state index >= 15 is 0 Å². The van der Waals surface area contributed by atoms with Gasteiger partial charge in [-0.25, -0.2) is 0 Å². The minimum absolute atomic E-state index is 0.123. The van der Waals surface area contributed by atoms with Crippen LogP contribution < -0.4 is 10.5 Å². The summed E-state index contributed by atoms with van der Waals surface area (Å²) in [6.07, 6.45) is 4.15. The molecule has 1 unspecified atom stereocenters. The molecule has 0 aliphatic rings. The lowest BCUT2D eigenvalue weighted by molar-refractivity contribution is -0.0506. The lowest BCUT2D eigenvalue weighted by Crippen LogP contribution is -2.15. The first-order valence-corrected chi connectivity index (χ1v) is 6.40. The van der Waals surface area contributed by atoms with Gasteiger partial charge in [-0.2, -0.15) is 13.9 Å². The van der Waals surface area contributed by atoms with Gasteiger partial charge in [-0.3, -0.25) is 4.68 Å². The number of aryl methyl sites for hydroxylation is 1. The summed E-state index contributed by atoms with van der Waals surface area (Å²) in [6, 6.07) is 6.18. The Hall–Kier alpha value is -1.95. The van der Waals surface area contributed by atoms with Gasteiger partial charge in [-0.15, -0.1) is 0 Å². The maximum absolute atomic E-state index is 12.4. The van der Waals surface area contributed by atoms with E-state index in [1.165, 1.54) is 6.07 Å². The average Bonchev–Trinajstić information content (AvgIpc) is 2.86. The number of hydrogen-bond donors (Lipinski definition) is 1. The van der Waals surface area contributed by atoms with Gasteiger partial charge >= 0.3 is 6.61 Å². The maximum atomic E-state index is 12.4. The van der Waals surface area contributed by atoms with Crippen LogP contribution in [0.2, 0.25) is 0 Å². The Bertz CT molecular complexity index is 557. The zero-order chi connectivity index (χ0) is 14.5. The van der Waals surface area contributed by atoms with Crippen molar-refractivity contribution in [2.24, 2.45) is 5.73 Å². The number of rotatable bonds is 6. The Morgan fingerprint density at radius 3 is 2.75 bits per heavy atom. The third-order valence-corrected chi connectivity index (χ3v) is 3.00. The number of para-hydroxylation sites is 1. The molecule has 0 aliphatic carbocycles. The molecule has 0 radical (unpaired) electrons. The highest BCUT2D eigenvalue weighted by Gasteiger charge is 2.15. The van der Waals surface area contributed by atoms with Gasteiger partial charge in [0.15, 0.2) is 0 Å². The zero-order valence-corrected chi connectivity index (χ0v) is 11.2. The highest BCUT2D eigenvalue weighted by Crippen LogP contribution is 2.27. The first-order valence-electron chi connectivity index (χ1n) is 6.40. The summed E-state index contributed by atoms with van der Waals surface area (Å²) in [5.74, 6) is 0.123. The van der Waals surface area contributed by atoms with E-state index in [2.05, 4.69) is 9.84 Å². The summed E-state index contributed by atoms with van der Waals surface area (Å²) in [6.45, 7) is -0.0887. The fourth-order valence-corrected chi connectivity index (χ4v) is 2.04. The summed E-state index contributed by atoms with van der Waals surface area (Å²) >= 11 is 0. The van der Waals surface area contributed by atoms with Crippen molar-refractivity contribution in [1.82, 2.24) is 9.78 Å². The molecule has 4 nitrogen and oxygen atoms in total. The number of nitrogens with two attached hydrogens (primary N) is 1. The Kier molecular flexibility index (Phi) is 4.68. The van der Waals surface area contributed by atoms with Crippen molar-refractivity contribution in [1.29, 1.82) is 0 Å². The summed E-state index contributed by atoms with van der Waals surface area (Å²) in [5.41, 5.74) is 7.62. The van der Waals surface area contributed by atoms with Gasteiger partial charge in [0, 0.05) is 24.3 Å². The molecule has 0 bridgehead atoms. The molecule has 2 N–H and O–H groups in total. The predicted octanol–water partition coefficient (Wildman–Crippen LogP) is 2.75. The quantitative estimate of drug-likeness (QED) is 0.885. The molecule has 6 heteroatoms. The van der Waals surface area contributed by atoms with Gasteiger partial charge in [0.25, 0.3) is 0 Å². The molecule has 108 valence electrons. The number of benzene rings is 1.